The summed E-state index contributed by atoms with van der Waals surface area (Å²) in [5.41, 5.74) is 1.56. The first-order valence-corrected chi connectivity index (χ1v) is 11.2. The summed E-state index contributed by atoms with van der Waals surface area (Å²) < 4.78 is 31.9. The second kappa shape index (κ2) is 6.91. The summed E-state index contributed by atoms with van der Waals surface area (Å²) in [6, 6.07) is 5.63. The summed E-state index contributed by atoms with van der Waals surface area (Å²) in [5.74, 6) is 1.11. The molecule has 4 heterocycles. The van der Waals surface area contributed by atoms with Gasteiger partial charge < -0.3 is 19.5 Å². The molecule has 1 unspecified atom stereocenters. The molecule has 1 N–H and O–H groups in total. The Hall–Kier alpha value is -1.21. The summed E-state index contributed by atoms with van der Waals surface area (Å²) in [6.45, 7) is 6.72. The second-order valence-corrected chi connectivity index (χ2v) is 10.1. The van der Waals surface area contributed by atoms with Gasteiger partial charge in [-0.2, -0.15) is 0 Å². The van der Waals surface area contributed by atoms with Gasteiger partial charge in [-0.3, -0.25) is 4.90 Å². The van der Waals surface area contributed by atoms with E-state index in [2.05, 4.69) is 10.2 Å². The van der Waals surface area contributed by atoms with E-state index in [1.54, 1.807) is 6.07 Å². The van der Waals surface area contributed by atoms with E-state index < -0.39 is 0 Å². The van der Waals surface area contributed by atoms with Gasteiger partial charge >= 0.3 is 0 Å². The number of hydrogen-bond donors (Lipinski definition) is 1. The quantitative estimate of drug-likeness (QED) is 0.839. The molecule has 1 saturated carbocycles. The van der Waals surface area contributed by atoms with Gasteiger partial charge in [-0.25, -0.2) is 4.39 Å². The van der Waals surface area contributed by atoms with Crippen molar-refractivity contribution in [3.05, 3.63) is 29.6 Å². The lowest BCUT2D eigenvalue weighted by Crippen LogP contribution is -2.59. The molecule has 4 saturated heterocycles. The van der Waals surface area contributed by atoms with Crippen molar-refractivity contribution in [2.75, 3.05) is 46.0 Å². The van der Waals surface area contributed by atoms with Gasteiger partial charge in [0.25, 0.3) is 0 Å². The molecule has 6 rings (SSSR count). The van der Waals surface area contributed by atoms with Crippen LogP contribution in [0.15, 0.2) is 18.2 Å². The van der Waals surface area contributed by atoms with Crippen molar-refractivity contribution in [2.24, 2.45) is 5.41 Å². The van der Waals surface area contributed by atoms with Gasteiger partial charge in [-0.05, 0) is 69.3 Å². The first kappa shape index (κ1) is 18.6. The van der Waals surface area contributed by atoms with Crippen LogP contribution in [0, 0.1) is 11.2 Å². The first-order valence-electron chi connectivity index (χ1n) is 11.2. The average molecular weight is 403 g/mol. The van der Waals surface area contributed by atoms with Crippen LogP contribution in [0.3, 0.4) is 0 Å². The van der Waals surface area contributed by atoms with Crippen molar-refractivity contribution in [3.63, 3.8) is 0 Å². The summed E-state index contributed by atoms with van der Waals surface area (Å²) in [4.78, 5) is 2.59. The van der Waals surface area contributed by atoms with E-state index in [4.69, 9.17) is 14.2 Å². The van der Waals surface area contributed by atoms with Crippen molar-refractivity contribution in [1.82, 2.24) is 10.2 Å². The lowest BCUT2D eigenvalue weighted by atomic mass is 9.65. The Morgan fingerprint density at radius 1 is 1.10 bits per heavy atom. The lowest BCUT2D eigenvalue weighted by molar-refractivity contribution is -0.191. The Kier molecular flexibility index (Phi) is 4.42. The van der Waals surface area contributed by atoms with Crippen LogP contribution in [0.5, 0.6) is 5.75 Å². The fraction of sp³-hybridized carbons (Fsp3) is 0.739. The van der Waals surface area contributed by atoms with Crippen LogP contribution in [0.2, 0.25) is 0 Å². The number of likely N-dealkylation sites (tertiary alicyclic amines) is 1. The topological polar surface area (TPSA) is 43.0 Å². The highest BCUT2D eigenvalue weighted by atomic mass is 19.1. The van der Waals surface area contributed by atoms with Gasteiger partial charge in [-0.1, -0.05) is 0 Å². The number of halogens is 1. The standard InChI is InChI=1S/C23H31FN2O3/c24-17-1-2-21(29-19-9-22(10-19)14-27-15-22)20(7-17)16-3-5-26(6-4-16)18-8-23(28-11-18)12-25-13-23/h1-2,7,16,18-19,25H,3-6,8-15H2. The Balaban J connectivity index is 1.09. The van der Waals surface area contributed by atoms with E-state index in [0.29, 0.717) is 17.4 Å². The zero-order valence-corrected chi connectivity index (χ0v) is 17.0. The number of nitrogens with one attached hydrogen (secondary N) is 1. The Morgan fingerprint density at radius 3 is 2.52 bits per heavy atom. The third-order valence-electron chi connectivity index (χ3n) is 7.97. The zero-order chi connectivity index (χ0) is 19.5. The molecule has 29 heavy (non-hydrogen) atoms. The monoisotopic (exact) mass is 402 g/mol. The summed E-state index contributed by atoms with van der Waals surface area (Å²) in [5, 5.41) is 3.35. The molecule has 5 fully saturated rings. The number of ether oxygens (including phenoxy) is 3. The van der Waals surface area contributed by atoms with Crippen LogP contribution in [-0.2, 0) is 9.47 Å². The Morgan fingerprint density at radius 2 is 1.90 bits per heavy atom. The van der Waals surface area contributed by atoms with Crippen LogP contribution < -0.4 is 10.1 Å². The molecule has 0 radical (unpaired) electrons. The highest BCUT2D eigenvalue weighted by molar-refractivity contribution is 5.38. The second-order valence-electron chi connectivity index (χ2n) is 10.1. The molecule has 1 aromatic carbocycles. The molecule has 0 bridgehead atoms. The normalized spacial score (nSPS) is 31.4. The van der Waals surface area contributed by atoms with E-state index >= 15 is 0 Å². The van der Waals surface area contributed by atoms with E-state index in [9.17, 15) is 4.39 Å². The molecule has 1 atom stereocenters. The summed E-state index contributed by atoms with van der Waals surface area (Å²) >= 11 is 0. The number of rotatable bonds is 4. The molecule has 2 spiro atoms. The molecule has 4 aliphatic heterocycles. The molecule has 1 aliphatic carbocycles. The van der Waals surface area contributed by atoms with Crippen molar-refractivity contribution >= 4 is 0 Å². The number of piperidine rings is 1. The van der Waals surface area contributed by atoms with Crippen LogP contribution in [0.4, 0.5) is 4.39 Å². The van der Waals surface area contributed by atoms with Crippen molar-refractivity contribution in [3.8, 4) is 5.75 Å². The minimum absolute atomic E-state index is 0.108. The van der Waals surface area contributed by atoms with Gasteiger partial charge in [0.2, 0.25) is 0 Å². The fourth-order valence-electron chi connectivity index (χ4n) is 6.02. The lowest BCUT2D eigenvalue weighted by Gasteiger charge is -2.52. The number of hydrogen-bond acceptors (Lipinski definition) is 5. The van der Waals surface area contributed by atoms with Gasteiger partial charge in [0, 0.05) is 30.1 Å². The van der Waals surface area contributed by atoms with Crippen molar-refractivity contribution in [2.45, 2.75) is 55.8 Å². The minimum atomic E-state index is -0.157. The SMILES string of the molecule is Fc1ccc(OC2CC3(COC3)C2)c(C2CCN(C3COC4(CNC4)C3)CC2)c1. The van der Waals surface area contributed by atoms with E-state index in [1.807, 2.05) is 6.07 Å². The molecule has 158 valence electrons. The highest BCUT2D eigenvalue weighted by Gasteiger charge is 2.51. The molecular weight excluding hydrogens is 371 g/mol. The van der Waals surface area contributed by atoms with Crippen molar-refractivity contribution < 1.29 is 18.6 Å². The molecular formula is C23H31FN2O3. The maximum absolute atomic E-state index is 14.1. The third kappa shape index (κ3) is 3.29. The molecule has 6 heteroatoms. The molecule has 0 amide bonds. The van der Waals surface area contributed by atoms with Crippen LogP contribution in [0.1, 0.15) is 43.6 Å². The molecule has 5 aliphatic rings. The van der Waals surface area contributed by atoms with Crippen LogP contribution in [-0.4, -0.2) is 68.6 Å². The summed E-state index contributed by atoms with van der Waals surface area (Å²) in [6.07, 6.45) is 5.66. The largest absolute Gasteiger partial charge is 0.490 e. The zero-order valence-electron chi connectivity index (χ0n) is 17.0. The van der Waals surface area contributed by atoms with Crippen LogP contribution >= 0.6 is 0 Å². The minimum Gasteiger partial charge on any atom is -0.490 e. The van der Waals surface area contributed by atoms with E-state index in [1.165, 1.54) is 6.07 Å². The Bertz CT molecular complexity index is 763. The maximum Gasteiger partial charge on any atom is 0.123 e. The van der Waals surface area contributed by atoms with Crippen LogP contribution in [0.25, 0.3) is 0 Å². The van der Waals surface area contributed by atoms with Gasteiger partial charge in [0.1, 0.15) is 17.7 Å². The van der Waals surface area contributed by atoms with Gasteiger partial charge in [0.05, 0.1) is 25.4 Å². The first-order chi connectivity index (χ1) is 14.1. The molecule has 1 aromatic rings. The summed E-state index contributed by atoms with van der Waals surface area (Å²) in [7, 11) is 0. The predicted octanol–water partition coefficient (Wildman–Crippen LogP) is 2.69. The number of benzene rings is 1. The van der Waals surface area contributed by atoms with Gasteiger partial charge in [0.15, 0.2) is 0 Å². The molecule has 5 nitrogen and oxygen atoms in total. The number of nitrogens with zero attached hydrogens (tertiary/aromatic N) is 1. The van der Waals surface area contributed by atoms with Gasteiger partial charge in [-0.15, -0.1) is 0 Å². The Labute approximate surface area is 171 Å². The predicted molar refractivity (Wildman–Crippen MR) is 107 cm³/mol. The highest BCUT2D eigenvalue weighted by Crippen LogP contribution is 2.49. The maximum atomic E-state index is 14.1. The van der Waals surface area contributed by atoms with E-state index in [-0.39, 0.29) is 17.5 Å². The third-order valence-corrected chi connectivity index (χ3v) is 7.97. The smallest absolute Gasteiger partial charge is 0.123 e. The fourth-order valence-corrected chi connectivity index (χ4v) is 6.02. The van der Waals surface area contributed by atoms with E-state index in [0.717, 1.165) is 89.4 Å². The molecule has 0 aromatic heterocycles. The van der Waals surface area contributed by atoms with Crippen molar-refractivity contribution in [1.29, 1.82) is 0 Å². The average Bonchev–Trinajstić information content (AvgIpc) is 3.10.